The van der Waals surface area contributed by atoms with Crippen molar-refractivity contribution in [1.82, 2.24) is 19.6 Å². The fourth-order valence-corrected chi connectivity index (χ4v) is 4.87. The molecular formula is C24H25ClN4O2. The highest BCUT2D eigenvalue weighted by molar-refractivity contribution is 6.30. The number of rotatable bonds is 4. The zero-order chi connectivity index (χ0) is 21.3. The van der Waals surface area contributed by atoms with Crippen LogP contribution in [0.1, 0.15) is 18.4 Å². The number of carbonyl (C=O) groups excluding carboxylic acids is 1. The molecule has 1 aromatic heterocycles. The molecule has 2 fully saturated rings. The van der Waals surface area contributed by atoms with Crippen molar-refractivity contribution in [2.45, 2.75) is 19.4 Å². The molecule has 2 aliphatic heterocycles. The molecule has 3 aromatic rings. The molecule has 6 nitrogen and oxygen atoms in total. The Morgan fingerprint density at radius 3 is 2.65 bits per heavy atom. The van der Waals surface area contributed by atoms with Crippen molar-refractivity contribution in [2.75, 3.05) is 26.2 Å². The average molecular weight is 437 g/mol. The number of ether oxygens (including phenoxy) is 1. The normalized spacial score (nSPS) is 21.1. The summed E-state index contributed by atoms with van der Waals surface area (Å²) < 4.78 is 7.32. The number of amides is 1. The molecule has 2 aliphatic rings. The van der Waals surface area contributed by atoms with Gasteiger partial charge < -0.3 is 9.64 Å². The highest BCUT2D eigenvalue weighted by Gasteiger charge is 2.44. The van der Waals surface area contributed by atoms with Crippen LogP contribution in [-0.4, -0.2) is 51.8 Å². The molecule has 2 saturated heterocycles. The molecule has 3 heterocycles. The van der Waals surface area contributed by atoms with Crippen molar-refractivity contribution in [1.29, 1.82) is 0 Å². The summed E-state index contributed by atoms with van der Waals surface area (Å²) >= 11 is 5.91. The first-order valence-corrected chi connectivity index (χ1v) is 11.0. The van der Waals surface area contributed by atoms with Crippen LogP contribution in [0.3, 0.4) is 0 Å². The molecule has 7 heteroatoms. The van der Waals surface area contributed by atoms with Crippen LogP contribution in [0.2, 0.25) is 5.02 Å². The summed E-state index contributed by atoms with van der Waals surface area (Å²) in [5, 5.41) is 4.53. The van der Waals surface area contributed by atoms with Crippen molar-refractivity contribution in [2.24, 2.45) is 5.41 Å². The summed E-state index contributed by atoms with van der Waals surface area (Å²) in [6.45, 7) is 4.47. The second-order valence-electron chi connectivity index (χ2n) is 8.58. The van der Waals surface area contributed by atoms with Gasteiger partial charge in [-0.1, -0.05) is 41.9 Å². The van der Waals surface area contributed by atoms with Crippen LogP contribution < -0.4 is 4.74 Å². The van der Waals surface area contributed by atoms with E-state index in [1.54, 1.807) is 6.20 Å². The Bertz CT molecular complexity index is 1070. The van der Waals surface area contributed by atoms with E-state index in [4.69, 9.17) is 16.3 Å². The smallest absolute Gasteiger partial charge is 0.344 e. The first-order chi connectivity index (χ1) is 15.1. The lowest BCUT2D eigenvalue weighted by molar-refractivity contribution is 0.196. The van der Waals surface area contributed by atoms with Crippen LogP contribution in [0.15, 0.2) is 67.0 Å². The van der Waals surface area contributed by atoms with E-state index in [0.717, 1.165) is 57.1 Å². The SMILES string of the molecule is O=C(N1CCC2(CCN(Cc3cccc(Oc4ccccc4)c3)C2)C1)n1cc(Cl)cn1. The molecule has 5 rings (SSSR count). The number of hydrogen-bond acceptors (Lipinski definition) is 4. The topological polar surface area (TPSA) is 50.6 Å². The molecule has 0 aliphatic carbocycles. The number of aromatic nitrogens is 2. The van der Waals surface area contributed by atoms with Crippen molar-refractivity contribution < 1.29 is 9.53 Å². The third kappa shape index (κ3) is 4.45. The minimum absolute atomic E-state index is 0.0898. The number of hydrogen-bond donors (Lipinski definition) is 0. The highest BCUT2D eigenvalue weighted by atomic mass is 35.5. The molecule has 0 N–H and O–H groups in total. The van der Waals surface area contributed by atoms with Gasteiger partial charge in [0.1, 0.15) is 11.5 Å². The number of carbonyl (C=O) groups is 1. The first-order valence-electron chi connectivity index (χ1n) is 10.6. The summed E-state index contributed by atoms with van der Waals surface area (Å²) in [4.78, 5) is 17.1. The van der Waals surface area contributed by atoms with Crippen molar-refractivity contribution in [3.8, 4) is 11.5 Å². The molecule has 1 spiro atoms. The second kappa shape index (κ2) is 8.36. The van der Waals surface area contributed by atoms with E-state index in [1.165, 1.54) is 16.4 Å². The monoisotopic (exact) mass is 436 g/mol. The van der Waals surface area contributed by atoms with Crippen LogP contribution in [-0.2, 0) is 6.54 Å². The molecule has 0 saturated carbocycles. The van der Waals surface area contributed by atoms with E-state index in [1.807, 2.05) is 47.4 Å². The second-order valence-corrected chi connectivity index (χ2v) is 9.02. The van der Waals surface area contributed by atoms with Gasteiger partial charge >= 0.3 is 6.03 Å². The van der Waals surface area contributed by atoms with E-state index in [-0.39, 0.29) is 11.4 Å². The van der Waals surface area contributed by atoms with Crippen LogP contribution in [0.25, 0.3) is 0 Å². The highest BCUT2D eigenvalue weighted by Crippen LogP contribution is 2.40. The van der Waals surface area contributed by atoms with Crippen molar-refractivity contribution in [3.63, 3.8) is 0 Å². The minimum atomic E-state index is -0.0898. The Kier molecular flexibility index (Phi) is 5.42. The van der Waals surface area contributed by atoms with E-state index in [9.17, 15) is 4.79 Å². The summed E-state index contributed by atoms with van der Waals surface area (Å²) in [7, 11) is 0. The van der Waals surface area contributed by atoms with E-state index in [0.29, 0.717) is 5.02 Å². The molecule has 1 amide bonds. The summed E-state index contributed by atoms with van der Waals surface area (Å²) in [6.07, 6.45) is 5.21. The maximum atomic E-state index is 12.7. The van der Waals surface area contributed by atoms with Gasteiger partial charge in [-0.15, -0.1) is 0 Å². The molecule has 31 heavy (non-hydrogen) atoms. The lowest BCUT2D eigenvalue weighted by atomic mass is 9.86. The Hall–Kier alpha value is -2.83. The largest absolute Gasteiger partial charge is 0.457 e. The van der Waals surface area contributed by atoms with Crippen LogP contribution in [0, 0.1) is 5.41 Å². The fourth-order valence-electron chi connectivity index (χ4n) is 4.73. The maximum absolute atomic E-state index is 12.7. The third-order valence-corrected chi connectivity index (χ3v) is 6.45. The molecular weight excluding hydrogens is 412 g/mol. The minimum Gasteiger partial charge on any atom is -0.457 e. The van der Waals surface area contributed by atoms with Crippen LogP contribution >= 0.6 is 11.6 Å². The average Bonchev–Trinajstić information content (AvgIpc) is 3.50. The van der Waals surface area contributed by atoms with Crippen molar-refractivity contribution in [3.05, 3.63) is 77.6 Å². The summed E-state index contributed by atoms with van der Waals surface area (Å²) in [5.74, 6) is 1.70. The summed E-state index contributed by atoms with van der Waals surface area (Å²) in [6, 6.07) is 18.1. The predicted octanol–water partition coefficient (Wildman–Crippen LogP) is 4.89. The molecule has 0 bridgehead atoms. The van der Waals surface area contributed by atoms with E-state index >= 15 is 0 Å². The van der Waals surface area contributed by atoms with Gasteiger partial charge in [0.2, 0.25) is 0 Å². The van der Waals surface area contributed by atoms with Gasteiger partial charge in [0.15, 0.2) is 0 Å². The Morgan fingerprint density at radius 1 is 1.03 bits per heavy atom. The van der Waals surface area contributed by atoms with E-state index in [2.05, 4.69) is 22.1 Å². The van der Waals surface area contributed by atoms with Crippen LogP contribution in [0.4, 0.5) is 4.79 Å². The summed E-state index contributed by atoms with van der Waals surface area (Å²) in [5.41, 5.74) is 1.41. The molecule has 2 aromatic carbocycles. The van der Waals surface area contributed by atoms with Gasteiger partial charge in [0, 0.05) is 31.6 Å². The van der Waals surface area contributed by atoms with Gasteiger partial charge in [-0.25, -0.2) is 4.79 Å². The van der Waals surface area contributed by atoms with Gasteiger partial charge in [0.05, 0.1) is 17.4 Å². The lowest BCUT2D eigenvalue weighted by Gasteiger charge is -2.24. The third-order valence-electron chi connectivity index (χ3n) is 6.26. The number of likely N-dealkylation sites (tertiary alicyclic amines) is 2. The Labute approximate surface area is 187 Å². The predicted molar refractivity (Wildman–Crippen MR) is 120 cm³/mol. The molecule has 1 unspecified atom stereocenters. The Morgan fingerprint density at radius 2 is 1.84 bits per heavy atom. The van der Waals surface area contributed by atoms with Gasteiger partial charge in [-0.3, -0.25) is 4.90 Å². The quantitative estimate of drug-likeness (QED) is 0.584. The molecule has 0 radical (unpaired) electrons. The lowest BCUT2D eigenvalue weighted by Crippen LogP contribution is -2.36. The number of para-hydroxylation sites is 1. The zero-order valence-electron chi connectivity index (χ0n) is 17.3. The molecule has 1 atom stereocenters. The van der Waals surface area contributed by atoms with Gasteiger partial charge in [-0.2, -0.15) is 9.78 Å². The van der Waals surface area contributed by atoms with Crippen LogP contribution in [0.5, 0.6) is 11.5 Å². The Balaban J connectivity index is 1.20. The fraction of sp³-hybridized carbons (Fsp3) is 0.333. The molecule has 160 valence electrons. The maximum Gasteiger partial charge on any atom is 0.344 e. The van der Waals surface area contributed by atoms with Gasteiger partial charge in [0.25, 0.3) is 0 Å². The number of benzene rings is 2. The standard InChI is InChI=1S/C24H25ClN4O2/c25-20-14-26-29(16-20)23(30)28-12-10-24(18-28)9-11-27(17-24)15-19-5-4-8-22(13-19)31-21-6-2-1-3-7-21/h1-8,13-14,16H,9-12,15,17-18H2. The first kappa shape index (κ1) is 20.1. The van der Waals surface area contributed by atoms with Gasteiger partial charge in [-0.05, 0) is 49.2 Å². The zero-order valence-corrected chi connectivity index (χ0v) is 18.0. The van der Waals surface area contributed by atoms with E-state index < -0.39 is 0 Å². The number of halogens is 1. The number of nitrogens with zero attached hydrogens (tertiary/aromatic N) is 4. The van der Waals surface area contributed by atoms with Crippen molar-refractivity contribution >= 4 is 17.6 Å².